The lowest BCUT2D eigenvalue weighted by Crippen LogP contribution is -2.14. The number of aromatic nitrogens is 1. The second-order valence-corrected chi connectivity index (χ2v) is 6.58. The van der Waals surface area contributed by atoms with E-state index in [-0.39, 0.29) is 10.7 Å². The zero-order chi connectivity index (χ0) is 15.3. The van der Waals surface area contributed by atoms with E-state index in [1.54, 1.807) is 24.3 Å². The van der Waals surface area contributed by atoms with Gasteiger partial charge in [-0.05, 0) is 52.3 Å². The van der Waals surface area contributed by atoms with Crippen molar-refractivity contribution in [2.45, 2.75) is 4.90 Å². The van der Waals surface area contributed by atoms with Crippen LogP contribution in [0.3, 0.4) is 0 Å². The van der Waals surface area contributed by atoms with E-state index >= 15 is 0 Å². The molecule has 0 aliphatic carbocycles. The van der Waals surface area contributed by atoms with Crippen molar-refractivity contribution in [3.05, 3.63) is 47.1 Å². The molecule has 0 saturated heterocycles. The van der Waals surface area contributed by atoms with Crippen molar-refractivity contribution in [3.63, 3.8) is 0 Å². The maximum atomic E-state index is 12.2. The number of nitrogens with zero attached hydrogens (tertiary/aromatic N) is 1. The van der Waals surface area contributed by atoms with Gasteiger partial charge in [-0.2, -0.15) is 0 Å². The fourth-order valence-corrected chi connectivity index (χ4v) is 3.05. The molecule has 21 heavy (non-hydrogen) atoms. The molecule has 0 aliphatic rings. The van der Waals surface area contributed by atoms with Crippen LogP contribution in [0.2, 0.25) is 0 Å². The molecule has 1 aromatic heterocycles. The van der Waals surface area contributed by atoms with Crippen LogP contribution in [0.15, 0.2) is 52.0 Å². The Kier molecular flexibility index (Phi) is 5.16. The highest BCUT2D eigenvalue weighted by molar-refractivity contribution is 9.10. The SMILES string of the molecule is NCCOc1ccc(S(=O)(=O)Nc2ncccc2Br)cc1. The van der Waals surface area contributed by atoms with Gasteiger partial charge in [-0.3, -0.25) is 4.72 Å². The average molecular weight is 372 g/mol. The minimum atomic E-state index is -3.70. The monoisotopic (exact) mass is 371 g/mol. The molecule has 0 fully saturated rings. The van der Waals surface area contributed by atoms with Crippen LogP contribution in [0.1, 0.15) is 0 Å². The zero-order valence-electron chi connectivity index (χ0n) is 11.0. The second kappa shape index (κ2) is 6.88. The Morgan fingerprint density at radius 2 is 1.95 bits per heavy atom. The summed E-state index contributed by atoms with van der Waals surface area (Å²) in [7, 11) is -3.70. The molecule has 3 N–H and O–H groups in total. The van der Waals surface area contributed by atoms with Crippen LogP contribution in [0, 0.1) is 0 Å². The van der Waals surface area contributed by atoms with Gasteiger partial charge in [0.25, 0.3) is 10.0 Å². The molecule has 1 aromatic carbocycles. The molecule has 8 heteroatoms. The lowest BCUT2D eigenvalue weighted by molar-refractivity contribution is 0.328. The third-order valence-corrected chi connectivity index (χ3v) is 4.50. The van der Waals surface area contributed by atoms with Crippen LogP contribution in [0.25, 0.3) is 0 Å². The zero-order valence-corrected chi connectivity index (χ0v) is 13.4. The normalized spacial score (nSPS) is 11.1. The summed E-state index contributed by atoms with van der Waals surface area (Å²) in [5.41, 5.74) is 5.33. The Morgan fingerprint density at radius 1 is 1.24 bits per heavy atom. The first-order valence-electron chi connectivity index (χ1n) is 6.09. The average Bonchev–Trinajstić information content (AvgIpc) is 2.48. The van der Waals surface area contributed by atoms with Crippen molar-refractivity contribution in [1.82, 2.24) is 4.98 Å². The lowest BCUT2D eigenvalue weighted by Gasteiger charge is -2.09. The minimum absolute atomic E-state index is 0.125. The molecule has 0 bridgehead atoms. The summed E-state index contributed by atoms with van der Waals surface area (Å²) in [5, 5.41) is 0. The Hall–Kier alpha value is -1.64. The highest BCUT2D eigenvalue weighted by Crippen LogP contribution is 2.23. The number of pyridine rings is 1. The molecule has 112 valence electrons. The Morgan fingerprint density at radius 3 is 2.57 bits per heavy atom. The number of benzene rings is 1. The number of rotatable bonds is 6. The van der Waals surface area contributed by atoms with E-state index < -0.39 is 10.0 Å². The molecule has 0 saturated carbocycles. The van der Waals surface area contributed by atoms with Crippen molar-refractivity contribution in [2.24, 2.45) is 5.73 Å². The van der Waals surface area contributed by atoms with E-state index in [9.17, 15) is 8.42 Å². The Bertz CT molecular complexity index is 705. The van der Waals surface area contributed by atoms with Crippen LogP contribution in [-0.4, -0.2) is 26.6 Å². The number of halogens is 1. The van der Waals surface area contributed by atoms with Gasteiger partial charge in [0.15, 0.2) is 5.82 Å². The summed E-state index contributed by atoms with van der Waals surface area (Å²) in [4.78, 5) is 4.10. The first-order valence-corrected chi connectivity index (χ1v) is 8.37. The van der Waals surface area contributed by atoms with E-state index in [0.29, 0.717) is 23.4 Å². The molecule has 0 unspecified atom stereocenters. The number of nitrogens with two attached hydrogens (primary N) is 1. The van der Waals surface area contributed by atoms with Crippen molar-refractivity contribution < 1.29 is 13.2 Å². The Labute approximate surface area is 131 Å². The van der Waals surface area contributed by atoms with E-state index in [1.807, 2.05) is 0 Å². The number of hydrogen-bond acceptors (Lipinski definition) is 5. The number of hydrogen-bond donors (Lipinski definition) is 2. The summed E-state index contributed by atoms with van der Waals surface area (Å²) in [6, 6.07) is 9.49. The van der Waals surface area contributed by atoms with Gasteiger partial charge in [0.1, 0.15) is 12.4 Å². The van der Waals surface area contributed by atoms with Crippen molar-refractivity contribution in [1.29, 1.82) is 0 Å². The lowest BCUT2D eigenvalue weighted by atomic mass is 10.3. The largest absolute Gasteiger partial charge is 0.492 e. The van der Waals surface area contributed by atoms with Crippen LogP contribution >= 0.6 is 15.9 Å². The van der Waals surface area contributed by atoms with E-state index in [1.165, 1.54) is 18.3 Å². The molecule has 2 rings (SSSR count). The molecule has 0 aliphatic heterocycles. The number of anilines is 1. The number of ether oxygens (including phenoxy) is 1. The third-order valence-electron chi connectivity index (χ3n) is 2.51. The van der Waals surface area contributed by atoms with Gasteiger partial charge in [0.05, 0.1) is 9.37 Å². The van der Waals surface area contributed by atoms with Crippen molar-refractivity contribution >= 4 is 31.8 Å². The summed E-state index contributed by atoms with van der Waals surface area (Å²) in [6.45, 7) is 0.778. The molecule has 6 nitrogen and oxygen atoms in total. The molecule has 0 radical (unpaired) electrons. The minimum Gasteiger partial charge on any atom is -0.492 e. The fraction of sp³-hybridized carbons (Fsp3) is 0.154. The van der Waals surface area contributed by atoms with Gasteiger partial charge >= 0.3 is 0 Å². The van der Waals surface area contributed by atoms with Gasteiger partial charge in [0, 0.05) is 12.7 Å². The topological polar surface area (TPSA) is 94.3 Å². The van der Waals surface area contributed by atoms with Crippen LogP contribution < -0.4 is 15.2 Å². The first-order chi connectivity index (χ1) is 10.0. The predicted octanol–water partition coefficient (Wildman–Crippen LogP) is 1.98. The number of sulfonamides is 1. The van der Waals surface area contributed by atoms with Crippen molar-refractivity contribution in [2.75, 3.05) is 17.9 Å². The van der Waals surface area contributed by atoms with Crippen molar-refractivity contribution in [3.8, 4) is 5.75 Å². The molecule has 0 amide bonds. The van der Waals surface area contributed by atoms with Crippen LogP contribution in [0.5, 0.6) is 5.75 Å². The van der Waals surface area contributed by atoms with Crippen LogP contribution in [0.4, 0.5) is 5.82 Å². The van der Waals surface area contributed by atoms with E-state index in [2.05, 4.69) is 25.6 Å². The van der Waals surface area contributed by atoms with E-state index in [4.69, 9.17) is 10.5 Å². The quantitative estimate of drug-likeness (QED) is 0.809. The van der Waals surface area contributed by atoms with Gasteiger partial charge in [-0.25, -0.2) is 13.4 Å². The smallest absolute Gasteiger partial charge is 0.263 e. The molecular weight excluding hydrogens is 358 g/mol. The van der Waals surface area contributed by atoms with Gasteiger partial charge in [-0.1, -0.05) is 0 Å². The summed E-state index contributed by atoms with van der Waals surface area (Å²) < 4.78 is 32.8. The van der Waals surface area contributed by atoms with E-state index in [0.717, 1.165) is 0 Å². The summed E-state index contributed by atoms with van der Waals surface area (Å²) in [5.74, 6) is 0.805. The highest BCUT2D eigenvalue weighted by atomic mass is 79.9. The molecule has 2 aromatic rings. The van der Waals surface area contributed by atoms with Gasteiger partial charge in [0.2, 0.25) is 0 Å². The Balaban J connectivity index is 2.18. The van der Waals surface area contributed by atoms with Gasteiger partial charge in [-0.15, -0.1) is 0 Å². The molecular formula is C13H14BrN3O3S. The highest BCUT2D eigenvalue weighted by Gasteiger charge is 2.16. The van der Waals surface area contributed by atoms with Gasteiger partial charge < -0.3 is 10.5 Å². The van der Waals surface area contributed by atoms with Crippen LogP contribution in [-0.2, 0) is 10.0 Å². The maximum Gasteiger partial charge on any atom is 0.263 e. The summed E-state index contributed by atoms with van der Waals surface area (Å²) in [6.07, 6.45) is 1.51. The standard InChI is InChI=1S/C13H14BrN3O3S/c14-12-2-1-8-16-13(12)17-21(18,19)11-5-3-10(4-6-11)20-9-7-15/h1-6,8H,7,9,15H2,(H,16,17). The maximum absolute atomic E-state index is 12.2. The third kappa shape index (κ3) is 4.16. The summed E-state index contributed by atoms with van der Waals surface area (Å²) >= 11 is 3.24. The molecule has 0 spiro atoms. The molecule has 1 heterocycles. The number of nitrogens with one attached hydrogen (secondary N) is 1. The second-order valence-electron chi connectivity index (χ2n) is 4.05. The first kappa shape index (κ1) is 15.7. The fourth-order valence-electron chi connectivity index (χ4n) is 1.54. The predicted molar refractivity (Wildman–Crippen MR) is 83.7 cm³/mol. The molecule has 0 atom stereocenters.